The van der Waals surface area contributed by atoms with E-state index in [1.807, 2.05) is 35.1 Å². The highest BCUT2D eigenvalue weighted by Crippen LogP contribution is 2.17. The maximum absolute atomic E-state index is 2.04. The lowest BCUT2D eigenvalue weighted by molar-refractivity contribution is 0.220. The summed E-state index contributed by atoms with van der Waals surface area (Å²) in [6.45, 7) is 0. The minimum atomic E-state index is 1.68. The van der Waals surface area contributed by atoms with Crippen molar-refractivity contribution in [2.75, 3.05) is 14.1 Å². The van der Waals surface area contributed by atoms with E-state index in [2.05, 4.69) is 0 Å². The molecule has 0 N–H and O–H groups in total. The molecule has 1 aliphatic heterocycles. The normalized spacial score (nSPS) is 21.7. The number of hydrogen-bond acceptors (Lipinski definition) is 3. The molecule has 0 atom stereocenters. The van der Waals surface area contributed by atoms with E-state index in [-0.39, 0.29) is 0 Å². The first kappa shape index (κ1) is 5.00. The highest BCUT2D eigenvalue weighted by Gasteiger charge is 2.03. The summed E-state index contributed by atoms with van der Waals surface area (Å²) in [4.78, 5) is 0. The maximum Gasteiger partial charge on any atom is 0.0242 e. The van der Waals surface area contributed by atoms with Crippen LogP contribution in [-0.2, 0) is 0 Å². The van der Waals surface area contributed by atoms with Crippen molar-refractivity contribution in [1.82, 2.24) is 9.42 Å². The lowest BCUT2D eigenvalue weighted by Crippen LogP contribution is -2.21. The number of hydrazine groups is 1. The van der Waals surface area contributed by atoms with Crippen molar-refractivity contribution in [3.63, 3.8) is 0 Å². The molecule has 2 nitrogen and oxygen atoms in total. The molecule has 3 heteroatoms. The Kier molecular flexibility index (Phi) is 1.25. The molecule has 0 spiro atoms. The summed E-state index contributed by atoms with van der Waals surface area (Å²) in [5.74, 6) is 0. The highest BCUT2D eigenvalue weighted by atomic mass is 32.2. The van der Waals surface area contributed by atoms with Gasteiger partial charge in [-0.2, -0.15) is 4.41 Å². The summed E-state index contributed by atoms with van der Waals surface area (Å²) >= 11 is 1.68. The van der Waals surface area contributed by atoms with Gasteiger partial charge < -0.3 is 5.01 Å². The fraction of sp³-hybridized carbons (Fsp3) is 0.500. The summed E-state index contributed by atoms with van der Waals surface area (Å²) in [6, 6.07) is 0. The van der Waals surface area contributed by atoms with Crippen LogP contribution in [0.4, 0.5) is 0 Å². The zero-order valence-electron chi connectivity index (χ0n) is 4.46. The van der Waals surface area contributed by atoms with Crippen LogP contribution in [0.3, 0.4) is 0 Å². The van der Waals surface area contributed by atoms with Crippen LogP contribution >= 0.6 is 11.9 Å². The van der Waals surface area contributed by atoms with Crippen molar-refractivity contribution in [1.29, 1.82) is 0 Å². The first-order chi connectivity index (χ1) is 3.30. The smallest absolute Gasteiger partial charge is 0.0242 e. The number of rotatable bonds is 0. The Bertz CT molecular complexity index is 91.7. The van der Waals surface area contributed by atoms with Gasteiger partial charge in [-0.25, -0.2) is 0 Å². The van der Waals surface area contributed by atoms with Crippen LogP contribution in [0.1, 0.15) is 0 Å². The van der Waals surface area contributed by atoms with Crippen molar-refractivity contribution >= 4 is 11.9 Å². The largest absolute Gasteiger partial charge is 0.306 e. The van der Waals surface area contributed by atoms with Crippen molar-refractivity contribution in [3.8, 4) is 0 Å². The zero-order valence-corrected chi connectivity index (χ0v) is 5.27. The second-order valence-electron chi connectivity index (χ2n) is 1.43. The lowest BCUT2D eigenvalue weighted by atomic mass is 10.9. The predicted octanol–water partition coefficient (Wildman–Crippen LogP) is 0.898. The van der Waals surface area contributed by atoms with E-state index < -0.39 is 0 Å². The molecule has 40 valence electrons. The molecular formula is C4H8N2S. The summed E-state index contributed by atoms with van der Waals surface area (Å²) in [5.41, 5.74) is 0. The molecule has 1 rings (SSSR count). The molecule has 0 unspecified atom stereocenters. The molecule has 1 heterocycles. The van der Waals surface area contributed by atoms with Gasteiger partial charge in [-0.3, -0.25) is 0 Å². The van der Waals surface area contributed by atoms with Gasteiger partial charge in [0.25, 0.3) is 0 Å². The van der Waals surface area contributed by atoms with Gasteiger partial charge in [0, 0.05) is 25.7 Å². The van der Waals surface area contributed by atoms with Gasteiger partial charge in [0.15, 0.2) is 0 Å². The molecule has 0 radical (unpaired) electrons. The Morgan fingerprint density at radius 1 is 1.43 bits per heavy atom. The second kappa shape index (κ2) is 1.76. The van der Waals surface area contributed by atoms with Crippen LogP contribution in [0, 0.1) is 0 Å². The van der Waals surface area contributed by atoms with Crippen molar-refractivity contribution in [2.24, 2.45) is 0 Å². The average molecular weight is 116 g/mol. The van der Waals surface area contributed by atoms with Gasteiger partial charge in [-0.1, -0.05) is 0 Å². The molecule has 0 aliphatic carbocycles. The summed E-state index contributed by atoms with van der Waals surface area (Å²) in [7, 11) is 4.03. The van der Waals surface area contributed by atoms with Crippen LogP contribution in [0.5, 0.6) is 0 Å². The SMILES string of the molecule is CN1C=CSN1C. The molecule has 7 heavy (non-hydrogen) atoms. The van der Waals surface area contributed by atoms with Crippen LogP contribution in [0.2, 0.25) is 0 Å². The zero-order chi connectivity index (χ0) is 5.28. The molecule has 0 fully saturated rings. The van der Waals surface area contributed by atoms with Gasteiger partial charge in [0.2, 0.25) is 0 Å². The molecule has 0 bridgehead atoms. The number of nitrogens with zero attached hydrogens (tertiary/aromatic N) is 2. The summed E-state index contributed by atoms with van der Waals surface area (Å²) in [6.07, 6.45) is 2.02. The highest BCUT2D eigenvalue weighted by molar-refractivity contribution is 8.00. The van der Waals surface area contributed by atoms with Crippen LogP contribution in [-0.4, -0.2) is 23.5 Å². The van der Waals surface area contributed by atoms with Crippen LogP contribution < -0.4 is 0 Å². The van der Waals surface area contributed by atoms with Gasteiger partial charge >= 0.3 is 0 Å². The monoisotopic (exact) mass is 116 g/mol. The molecule has 0 aromatic heterocycles. The first-order valence-corrected chi connectivity index (χ1v) is 2.94. The Morgan fingerprint density at radius 3 is 2.29 bits per heavy atom. The van der Waals surface area contributed by atoms with Gasteiger partial charge in [-0.05, 0) is 11.9 Å². The van der Waals surface area contributed by atoms with Crippen molar-refractivity contribution in [3.05, 3.63) is 11.6 Å². The molecule has 0 aromatic rings. The quantitative estimate of drug-likeness (QED) is 0.434. The van der Waals surface area contributed by atoms with Crippen LogP contribution in [0.25, 0.3) is 0 Å². The summed E-state index contributed by atoms with van der Waals surface area (Å²) < 4.78 is 2.04. The molecule has 0 amide bonds. The summed E-state index contributed by atoms with van der Waals surface area (Å²) in [5, 5.41) is 4.06. The number of hydrogen-bond donors (Lipinski definition) is 0. The second-order valence-corrected chi connectivity index (χ2v) is 2.44. The van der Waals surface area contributed by atoms with E-state index in [1.54, 1.807) is 11.9 Å². The van der Waals surface area contributed by atoms with Crippen molar-refractivity contribution in [2.45, 2.75) is 0 Å². The minimum Gasteiger partial charge on any atom is -0.306 e. The first-order valence-electron chi connectivity index (χ1n) is 2.10. The van der Waals surface area contributed by atoms with Crippen LogP contribution in [0.15, 0.2) is 11.6 Å². The Labute approximate surface area is 47.9 Å². The maximum atomic E-state index is 2.04. The average Bonchev–Trinajstić information content (AvgIpc) is 1.91. The molecule has 1 aliphatic rings. The Balaban J connectivity index is 2.45. The third-order valence-corrected chi connectivity index (χ3v) is 1.74. The minimum absolute atomic E-state index is 1.68. The predicted molar refractivity (Wildman–Crippen MR) is 32.3 cm³/mol. The standard InChI is InChI=1S/C4H8N2S/c1-5-3-4-7-6(5)2/h3-4H,1-2H3. The molecule has 0 saturated heterocycles. The third-order valence-electron chi connectivity index (χ3n) is 0.934. The van der Waals surface area contributed by atoms with Gasteiger partial charge in [0.1, 0.15) is 0 Å². The van der Waals surface area contributed by atoms with E-state index in [4.69, 9.17) is 0 Å². The van der Waals surface area contributed by atoms with E-state index in [9.17, 15) is 0 Å². The Morgan fingerprint density at radius 2 is 2.14 bits per heavy atom. The third kappa shape index (κ3) is 0.894. The van der Waals surface area contributed by atoms with Gasteiger partial charge in [0.05, 0.1) is 0 Å². The van der Waals surface area contributed by atoms with E-state index in [0.717, 1.165) is 0 Å². The fourth-order valence-corrected chi connectivity index (χ4v) is 0.981. The van der Waals surface area contributed by atoms with E-state index >= 15 is 0 Å². The molecular weight excluding hydrogens is 108 g/mol. The molecule has 0 aromatic carbocycles. The topological polar surface area (TPSA) is 6.48 Å². The Hall–Kier alpha value is -0.150. The van der Waals surface area contributed by atoms with Gasteiger partial charge in [-0.15, -0.1) is 0 Å². The van der Waals surface area contributed by atoms with E-state index in [1.165, 1.54) is 0 Å². The lowest BCUT2D eigenvalue weighted by Gasteiger charge is -2.16. The van der Waals surface area contributed by atoms with E-state index in [0.29, 0.717) is 0 Å². The molecule has 0 saturated carbocycles. The van der Waals surface area contributed by atoms with Crippen molar-refractivity contribution < 1.29 is 0 Å². The fourth-order valence-electron chi connectivity index (χ4n) is 0.372.